The summed E-state index contributed by atoms with van der Waals surface area (Å²) in [6.45, 7) is 18.3. The fraction of sp³-hybridized carbons (Fsp3) is 0.263. The molecule has 109 heavy (non-hydrogen) atoms. The average Bonchev–Trinajstić information content (AvgIpc) is 1.58. The molecule has 7 heterocycles. The molecule has 0 spiro atoms. The highest BCUT2D eigenvalue weighted by molar-refractivity contribution is 14.0. The molecule has 570 valence electrons. The van der Waals surface area contributed by atoms with Crippen molar-refractivity contribution in [3.8, 4) is 56.7 Å². The number of nitrogens with one attached hydrogen (secondary N) is 2. The van der Waals surface area contributed by atoms with E-state index < -0.39 is 85.2 Å². The predicted octanol–water partition coefficient (Wildman–Crippen LogP) is 16.6. The number of ether oxygens (including phenoxy) is 2. The SMILES string of the molecule is CC(C)(C)OC(=O)n1c(-c2cc(Cl)nc(Cl)n2)cc2ccccc21.CNC(=O)c1c(-c2ccc(F)cc2)oc2cc(N(C)S(C)(=O)=O)c(-c3cc(-c4cc5ccccc5n4C(=O)OC(C)(C)C)nc(Cl)n3)cc12.CNC(=O)c1c(-c2ccc(F)cc2)oc2cc(N(C)S(C)(=O)=O)c(B3OC(C)(C)C(C)(C)O3)cc12.I. The first-order valence-electron chi connectivity index (χ1n) is 33.3. The lowest BCUT2D eigenvalue weighted by Gasteiger charge is -2.32. The van der Waals surface area contributed by atoms with Crippen molar-refractivity contribution in [2.45, 2.75) is 91.6 Å². The number of nitrogens with zero attached hydrogens (tertiary/aromatic N) is 8. The molecule has 1 aliphatic rings. The van der Waals surface area contributed by atoms with E-state index in [1.54, 1.807) is 69.3 Å². The summed E-state index contributed by atoms with van der Waals surface area (Å²) < 4.78 is 119. The number of aromatic nitrogens is 6. The number of para-hydroxylation sites is 2. The van der Waals surface area contributed by atoms with Crippen LogP contribution in [0.25, 0.3) is 100 Å². The normalized spacial score (nSPS) is 13.5. The molecule has 13 rings (SSSR count). The number of furan rings is 2. The summed E-state index contributed by atoms with van der Waals surface area (Å²) in [4.78, 5) is 69.5. The van der Waals surface area contributed by atoms with Gasteiger partial charge in [0, 0.05) is 90.1 Å². The molecule has 33 heteroatoms. The van der Waals surface area contributed by atoms with E-state index in [1.807, 2.05) is 90.9 Å². The van der Waals surface area contributed by atoms with Gasteiger partial charge in [0.15, 0.2) is 0 Å². The van der Waals surface area contributed by atoms with Crippen LogP contribution in [0.5, 0.6) is 0 Å². The Bertz CT molecular complexity index is 5790. The molecule has 1 fully saturated rings. The molecule has 0 unspecified atom stereocenters. The fourth-order valence-corrected chi connectivity index (χ4v) is 13.4. The van der Waals surface area contributed by atoms with Crippen LogP contribution in [0.4, 0.5) is 29.7 Å². The Morgan fingerprint density at radius 1 is 0.532 bits per heavy atom. The Balaban J connectivity index is 0.000000184. The van der Waals surface area contributed by atoms with Crippen LogP contribution in [-0.4, -0.2) is 140 Å². The van der Waals surface area contributed by atoms with Gasteiger partial charge in [-0.1, -0.05) is 48.0 Å². The van der Waals surface area contributed by atoms with Gasteiger partial charge in [0.25, 0.3) is 11.8 Å². The number of amides is 2. The van der Waals surface area contributed by atoms with Crippen molar-refractivity contribution in [2.24, 2.45) is 0 Å². The van der Waals surface area contributed by atoms with Crippen molar-refractivity contribution >= 4 is 171 Å². The van der Waals surface area contributed by atoms with Gasteiger partial charge >= 0.3 is 19.3 Å². The molecule has 0 radical (unpaired) electrons. The van der Waals surface area contributed by atoms with Gasteiger partial charge in [-0.2, -0.15) is 0 Å². The maximum atomic E-state index is 13.8. The number of hydrogen-bond donors (Lipinski definition) is 2. The number of hydrogen-bond acceptors (Lipinski definition) is 18. The smallest absolute Gasteiger partial charge is 0.455 e. The minimum atomic E-state index is -3.83. The summed E-state index contributed by atoms with van der Waals surface area (Å²) in [5, 5.41) is 7.65. The van der Waals surface area contributed by atoms with Crippen molar-refractivity contribution < 1.29 is 72.4 Å². The molecular weight excluding hydrogens is 1620 g/mol. The number of fused-ring (bicyclic) bond motifs is 4. The molecule has 1 aliphatic heterocycles. The third-order valence-corrected chi connectivity index (χ3v) is 20.6. The maximum Gasteiger partial charge on any atom is 0.497 e. The summed E-state index contributed by atoms with van der Waals surface area (Å²) >= 11 is 18.4. The van der Waals surface area contributed by atoms with Crippen molar-refractivity contribution in [1.82, 2.24) is 39.7 Å². The summed E-state index contributed by atoms with van der Waals surface area (Å²) in [6, 6.07) is 38.8. The van der Waals surface area contributed by atoms with Gasteiger partial charge < -0.3 is 38.3 Å². The minimum absolute atomic E-state index is 0. The molecular formula is C76H75BCl3F2IN10O14S2. The monoisotopic (exact) mass is 1700 g/mol. The third-order valence-electron chi connectivity index (χ3n) is 17.7. The number of rotatable bonds is 12. The predicted molar refractivity (Wildman–Crippen MR) is 431 cm³/mol. The van der Waals surface area contributed by atoms with E-state index in [0.717, 1.165) is 31.9 Å². The van der Waals surface area contributed by atoms with E-state index in [4.69, 9.17) is 62.4 Å². The van der Waals surface area contributed by atoms with E-state index in [-0.39, 0.29) is 96.1 Å². The molecule has 2 N–H and O–H groups in total. The molecule has 6 aromatic heterocycles. The first-order valence-corrected chi connectivity index (χ1v) is 38.1. The lowest BCUT2D eigenvalue weighted by Crippen LogP contribution is -2.41. The van der Waals surface area contributed by atoms with Crippen LogP contribution in [-0.2, 0) is 38.8 Å². The van der Waals surface area contributed by atoms with Crippen LogP contribution in [0.1, 0.15) is 90.0 Å². The third kappa shape index (κ3) is 17.4. The average molecular weight is 1700 g/mol. The second-order valence-electron chi connectivity index (χ2n) is 28.2. The highest BCUT2D eigenvalue weighted by atomic mass is 127. The Hall–Kier alpha value is -9.54. The summed E-state index contributed by atoms with van der Waals surface area (Å²) in [6.07, 6.45) is 0.999. The lowest BCUT2D eigenvalue weighted by atomic mass is 9.77. The number of carbonyl (C=O) groups excluding carboxylic acids is 4. The number of sulfonamides is 2. The Kier molecular flexibility index (Phi) is 23.4. The highest BCUT2D eigenvalue weighted by Crippen LogP contribution is 2.44. The van der Waals surface area contributed by atoms with Crippen LogP contribution in [0.3, 0.4) is 0 Å². The van der Waals surface area contributed by atoms with Gasteiger partial charge in [0.1, 0.15) is 50.7 Å². The molecule has 12 aromatic rings. The van der Waals surface area contributed by atoms with Crippen molar-refractivity contribution in [3.05, 3.63) is 184 Å². The highest BCUT2D eigenvalue weighted by Gasteiger charge is 2.53. The Morgan fingerprint density at radius 3 is 1.33 bits per heavy atom. The van der Waals surface area contributed by atoms with Crippen LogP contribution >= 0.6 is 58.8 Å². The summed E-state index contributed by atoms with van der Waals surface area (Å²) in [5.74, 6) is -1.40. The molecule has 1 saturated heterocycles. The van der Waals surface area contributed by atoms with Gasteiger partial charge in [-0.25, -0.2) is 64.3 Å². The summed E-state index contributed by atoms with van der Waals surface area (Å²) in [5.41, 5.74) is 3.23. The van der Waals surface area contributed by atoms with Gasteiger partial charge in [0.05, 0.1) is 85.7 Å². The first kappa shape index (κ1) is 82.0. The zero-order valence-electron chi connectivity index (χ0n) is 61.8. The quantitative estimate of drug-likeness (QED) is 0.0497. The van der Waals surface area contributed by atoms with Crippen LogP contribution in [0.2, 0.25) is 15.7 Å². The Morgan fingerprint density at radius 2 is 0.917 bits per heavy atom. The summed E-state index contributed by atoms with van der Waals surface area (Å²) in [7, 11) is -2.63. The molecule has 0 saturated carbocycles. The van der Waals surface area contributed by atoms with E-state index in [9.17, 15) is 44.8 Å². The van der Waals surface area contributed by atoms with Gasteiger partial charge in [-0.3, -0.25) is 18.2 Å². The number of halogens is 6. The molecule has 0 aliphatic carbocycles. The molecule has 24 nitrogen and oxygen atoms in total. The van der Waals surface area contributed by atoms with Crippen LogP contribution in [0.15, 0.2) is 154 Å². The molecule has 0 atom stereocenters. The number of benzene rings is 6. The van der Waals surface area contributed by atoms with Crippen LogP contribution < -0.4 is 24.7 Å². The van der Waals surface area contributed by atoms with E-state index in [2.05, 4.69) is 30.6 Å². The molecule has 2 amide bonds. The van der Waals surface area contributed by atoms with E-state index in [0.29, 0.717) is 61.2 Å². The fourth-order valence-electron chi connectivity index (χ4n) is 11.7. The second kappa shape index (κ2) is 31.1. The zero-order chi connectivity index (χ0) is 78.8. The maximum absolute atomic E-state index is 13.8. The van der Waals surface area contributed by atoms with E-state index in [1.165, 1.54) is 91.9 Å². The zero-order valence-corrected chi connectivity index (χ0v) is 68.1. The van der Waals surface area contributed by atoms with Gasteiger partial charge in [0.2, 0.25) is 30.6 Å². The first-order chi connectivity index (χ1) is 50.5. The molecule has 0 bridgehead atoms. The topological polar surface area (TPSA) is 292 Å². The van der Waals surface area contributed by atoms with Crippen LogP contribution in [0, 0.1) is 11.6 Å². The number of anilines is 2. The number of carbonyl (C=O) groups is 4. The molecule has 6 aromatic carbocycles. The van der Waals surface area contributed by atoms with Gasteiger partial charge in [-0.05, 0) is 183 Å². The van der Waals surface area contributed by atoms with Crippen molar-refractivity contribution in [3.63, 3.8) is 0 Å². The van der Waals surface area contributed by atoms with Crippen molar-refractivity contribution in [2.75, 3.05) is 49.3 Å². The standard InChI is InChI=1S/C35H31ClFN5O6S.C24H28BFN2O6S.C17H15Cl2N3O2.HI/c1-35(2,3)48-34(44)42-26-10-8-7-9-20(26)15-28(42)25-17-24(39-33(36)40-25)22-16-23-29(18-27(22)41(5)49(6,45)46)47-31(30(23)32(43)38-4)19-11-13-21(37)14-12-19;1-23(2)24(3,4)34-25(33-23)17-12-16-19(13-18(17)28(6)35(7,30)31)32-21(20(16)22(29)27-5)14-8-10-15(26)11-9-14;1-17(2,3)24-16(23)22-12-7-5-4-6-10(12)8-13(22)11-9-14(18)21-15(19)20-11;/h7-18H,1-6H3,(H,38,43);8-13H,1-7H3,(H,27,29);4-9H,1-3H3;1H. The Labute approximate surface area is 659 Å². The van der Waals surface area contributed by atoms with E-state index >= 15 is 0 Å². The largest absolute Gasteiger partial charge is 0.497 e. The lowest BCUT2D eigenvalue weighted by molar-refractivity contribution is 0.00578. The van der Waals surface area contributed by atoms with Crippen molar-refractivity contribution in [1.29, 1.82) is 0 Å². The van der Waals surface area contributed by atoms with Gasteiger partial charge in [-0.15, -0.1) is 24.0 Å². The second-order valence-corrected chi connectivity index (χ2v) is 33.3. The minimum Gasteiger partial charge on any atom is -0.455 e.